The van der Waals surface area contributed by atoms with Crippen molar-refractivity contribution in [1.29, 1.82) is 0 Å². The number of benzene rings is 1. The minimum atomic E-state index is -0.401. The van der Waals surface area contributed by atoms with Crippen LogP contribution in [0.2, 0.25) is 0 Å². The van der Waals surface area contributed by atoms with Gasteiger partial charge in [-0.15, -0.1) is 0 Å². The summed E-state index contributed by atoms with van der Waals surface area (Å²) in [6, 6.07) is 8.50. The smallest absolute Gasteiger partial charge is 0.270 e. The van der Waals surface area contributed by atoms with Crippen LogP contribution in [0.25, 0.3) is 0 Å². The van der Waals surface area contributed by atoms with E-state index in [0.29, 0.717) is 0 Å². The van der Waals surface area contributed by atoms with Gasteiger partial charge in [0.25, 0.3) is 5.69 Å². The molecule has 0 bridgehead atoms. The standard InChI is InChI=1S/C10H8IN3O2/c11-9-7-8(14(15)16)3-4-10(9)12-13-5-1-2-6-13/h1-7,12H. The van der Waals surface area contributed by atoms with Crippen molar-refractivity contribution >= 4 is 34.0 Å². The summed E-state index contributed by atoms with van der Waals surface area (Å²) in [6.07, 6.45) is 3.72. The van der Waals surface area contributed by atoms with Crippen LogP contribution in [0.4, 0.5) is 11.4 Å². The molecule has 1 N–H and O–H groups in total. The second kappa shape index (κ2) is 4.52. The number of nitrogens with one attached hydrogen (secondary N) is 1. The summed E-state index contributed by atoms with van der Waals surface area (Å²) in [5.74, 6) is 0. The Morgan fingerprint density at radius 3 is 2.56 bits per heavy atom. The lowest BCUT2D eigenvalue weighted by Crippen LogP contribution is -2.07. The molecule has 0 saturated heterocycles. The van der Waals surface area contributed by atoms with Crippen molar-refractivity contribution in [2.24, 2.45) is 0 Å². The highest BCUT2D eigenvalue weighted by molar-refractivity contribution is 14.1. The quantitative estimate of drug-likeness (QED) is 0.535. The van der Waals surface area contributed by atoms with Gasteiger partial charge in [-0.1, -0.05) is 0 Å². The third kappa shape index (κ3) is 2.32. The lowest BCUT2D eigenvalue weighted by Gasteiger charge is -2.08. The summed E-state index contributed by atoms with van der Waals surface area (Å²) in [5.41, 5.74) is 4.04. The normalized spacial score (nSPS) is 10.1. The number of nitro groups is 1. The lowest BCUT2D eigenvalue weighted by atomic mass is 10.3. The van der Waals surface area contributed by atoms with E-state index in [1.165, 1.54) is 12.1 Å². The van der Waals surface area contributed by atoms with Gasteiger partial charge in [-0.3, -0.25) is 20.2 Å². The number of nitrogens with zero attached hydrogens (tertiary/aromatic N) is 2. The highest BCUT2D eigenvalue weighted by Gasteiger charge is 2.08. The van der Waals surface area contributed by atoms with Crippen molar-refractivity contribution in [2.75, 3.05) is 5.43 Å². The summed E-state index contributed by atoms with van der Waals surface area (Å²) in [5, 5.41) is 10.6. The number of hydrogen-bond donors (Lipinski definition) is 1. The third-order valence-corrected chi connectivity index (χ3v) is 2.91. The largest absolute Gasteiger partial charge is 0.294 e. The fraction of sp³-hybridized carbons (Fsp3) is 0. The van der Waals surface area contributed by atoms with Crippen LogP contribution in [0.3, 0.4) is 0 Å². The number of hydrogen-bond acceptors (Lipinski definition) is 3. The molecule has 16 heavy (non-hydrogen) atoms. The number of halogens is 1. The van der Waals surface area contributed by atoms with Crippen LogP contribution in [0.1, 0.15) is 0 Å². The SMILES string of the molecule is O=[N+]([O-])c1ccc(Nn2cccc2)c(I)c1. The Labute approximate surface area is 105 Å². The van der Waals surface area contributed by atoms with E-state index in [4.69, 9.17) is 0 Å². The van der Waals surface area contributed by atoms with Crippen molar-refractivity contribution in [2.45, 2.75) is 0 Å². The first-order valence-corrected chi connectivity index (χ1v) is 5.58. The first-order valence-electron chi connectivity index (χ1n) is 4.51. The molecule has 0 aliphatic rings. The van der Waals surface area contributed by atoms with Crippen LogP contribution in [-0.4, -0.2) is 9.60 Å². The molecule has 82 valence electrons. The monoisotopic (exact) mass is 329 g/mol. The van der Waals surface area contributed by atoms with Gasteiger partial charge in [-0.25, -0.2) is 0 Å². The molecule has 0 fully saturated rings. The van der Waals surface area contributed by atoms with E-state index in [9.17, 15) is 10.1 Å². The molecule has 6 heteroatoms. The zero-order valence-electron chi connectivity index (χ0n) is 8.13. The molecule has 5 nitrogen and oxygen atoms in total. The number of rotatable bonds is 3. The first-order chi connectivity index (χ1) is 7.66. The molecule has 2 aromatic rings. The predicted octanol–water partition coefficient (Wildman–Crippen LogP) is 2.88. The molecule has 0 amide bonds. The van der Waals surface area contributed by atoms with E-state index in [0.717, 1.165) is 9.26 Å². The van der Waals surface area contributed by atoms with Gasteiger partial charge < -0.3 is 0 Å². The fourth-order valence-electron chi connectivity index (χ4n) is 1.26. The predicted molar refractivity (Wildman–Crippen MR) is 69.3 cm³/mol. The molecule has 0 spiro atoms. The molecule has 0 radical (unpaired) electrons. The van der Waals surface area contributed by atoms with Gasteiger partial charge in [0.05, 0.1) is 10.6 Å². The zero-order chi connectivity index (χ0) is 11.5. The van der Waals surface area contributed by atoms with Crippen LogP contribution in [0.5, 0.6) is 0 Å². The van der Waals surface area contributed by atoms with Gasteiger partial charge in [0, 0.05) is 28.1 Å². The Balaban J connectivity index is 2.26. The summed E-state index contributed by atoms with van der Waals surface area (Å²) in [4.78, 5) is 10.2. The Morgan fingerprint density at radius 1 is 1.31 bits per heavy atom. The van der Waals surface area contributed by atoms with Crippen LogP contribution in [-0.2, 0) is 0 Å². The van der Waals surface area contributed by atoms with Crippen molar-refractivity contribution in [3.8, 4) is 0 Å². The average molecular weight is 329 g/mol. The highest BCUT2D eigenvalue weighted by Crippen LogP contribution is 2.23. The van der Waals surface area contributed by atoms with E-state index in [-0.39, 0.29) is 5.69 Å². The van der Waals surface area contributed by atoms with E-state index in [2.05, 4.69) is 28.0 Å². The lowest BCUT2D eigenvalue weighted by molar-refractivity contribution is -0.384. The fourth-order valence-corrected chi connectivity index (χ4v) is 1.88. The molecule has 1 aromatic heterocycles. The van der Waals surface area contributed by atoms with Gasteiger partial charge in [-0.2, -0.15) is 0 Å². The van der Waals surface area contributed by atoms with Gasteiger partial charge in [-0.05, 0) is 40.8 Å². The van der Waals surface area contributed by atoms with E-state index in [1.54, 1.807) is 10.7 Å². The molecule has 0 atom stereocenters. The van der Waals surface area contributed by atoms with Gasteiger partial charge in [0.15, 0.2) is 0 Å². The highest BCUT2D eigenvalue weighted by atomic mass is 127. The van der Waals surface area contributed by atoms with Crippen molar-refractivity contribution in [3.63, 3.8) is 0 Å². The summed E-state index contributed by atoms with van der Waals surface area (Å²) in [7, 11) is 0. The number of aromatic nitrogens is 1. The number of non-ortho nitro benzene ring substituents is 1. The Bertz CT molecular complexity index is 511. The van der Waals surface area contributed by atoms with E-state index < -0.39 is 4.92 Å². The Morgan fingerprint density at radius 2 is 2.00 bits per heavy atom. The molecule has 0 aliphatic carbocycles. The summed E-state index contributed by atoms with van der Waals surface area (Å²) in [6.45, 7) is 0. The van der Waals surface area contributed by atoms with Crippen LogP contribution in [0, 0.1) is 13.7 Å². The van der Waals surface area contributed by atoms with Crippen molar-refractivity contribution in [3.05, 3.63) is 56.4 Å². The van der Waals surface area contributed by atoms with E-state index >= 15 is 0 Å². The van der Waals surface area contributed by atoms with Gasteiger partial charge in [0.2, 0.25) is 0 Å². The van der Waals surface area contributed by atoms with E-state index in [1.807, 2.05) is 24.5 Å². The number of anilines is 1. The summed E-state index contributed by atoms with van der Waals surface area (Å²) < 4.78 is 2.59. The topological polar surface area (TPSA) is 60.1 Å². The second-order valence-electron chi connectivity index (χ2n) is 3.12. The summed E-state index contributed by atoms with van der Waals surface area (Å²) >= 11 is 2.06. The third-order valence-electron chi connectivity index (χ3n) is 2.02. The molecule has 1 aromatic carbocycles. The first kappa shape index (κ1) is 10.9. The molecular formula is C10H8IN3O2. The van der Waals surface area contributed by atoms with Crippen LogP contribution < -0.4 is 5.43 Å². The Hall–Kier alpha value is -1.57. The van der Waals surface area contributed by atoms with Gasteiger partial charge >= 0.3 is 0 Å². The Kier molecular flexibility index (Phi) is 3.09. The maximum atomic E-state index is 10.6. The molecule has 1 heterocycles. The molecule has 2 rings (SSSR count). The minimum absolute atomic E-state index is 0.0995. The minimum Gasteiger partial charge on any atom is -0.294 e. The van der Waals surface area contributed by atoms with Crippen LogP contribution in [0.15, 0.2) is 42.7 Å². The molecule has 0 unspecified atom stereocenters. The van der Waals surface area contributed by atoms with Crippen molar-refractivity contribution < 1.29 is 4.92 Å². The molecular weight excluding hydrogens is 321 g/mol. The maximum absolute atomic E-state index is 10.6. The average Bonchev–Trinajstić information content (AvgIpc) is 2.73. The second-order valence-corrected chi connectivity index (χ2v) is 4.29. The molecule has 0 saturated carbocycles. The number of nitro benzene ring substituents is 1. The van der Waals surface area contributed by atoms with Crippen LogP contribution >= 0.6 is 22.6 Å². The van der Waals surface area contributed by atoms with Gasteiger partial charge in [0.1, 0.15) is 0 Å². The van der Waals surface area contributed by atoms with Crippen molar-refractivity contribution in [1.82, 2.24) is 4.68 Å². The zero-order valence-corrected chi connectivity index (χ0v) is 10.3. The molecule has 0 aliphatic heterocycles. The maximum Gasteiger partial charge on any atom is 0.270 e.